The molecule has 2 heterocycles. The van der Waals surface area contributed by atoms with Gasteiger partial charge in [0.25, 0.3) is 0 Å². The Morgan fingerprint density at radius 1 is 1.10 bits per heavy atom. The Morgan fingerprint density at radius 3 is 2.47 bits per heavy atom. The van der Waals surface area contributed by atoms with E-state index in [-0.39, 0.29) is 23.4 Å². The maximum Gasteiger partial charge on any atom is 0.247 e. The van der Waals surface area contributed by atoms with E-state index in [9.17, 15) is 12.8 Å². The number of benzene rings is 2. The summed E-state index contributed by atoms with van der Waals surface area (Å²) in [5.74, 6) is 1.39. The molecule has 0 N–H and O–H groups in total. The number of rotatable bonds is 7. The second-order valence-corrected chi connectivity index (χ2v) is 9.55. The van der Waals surface area contributed by atoms with E-state index in [2.05, 4.69) is 10.2 Å². The van der Waals surface area contributed by atoms with Crippen molar-refractivity contribution >= 4 is 9.84 Å². The van der Waals surface area contributed by atoms with Crippen molar-refractivity contribution in [1.82, 2.24) is 15.1 Å². The number of ether oxygens (including phenoxy) is 1. The summed E-state index contributed by atoms with van der Waals surface area (Å²) < 4.78 is 48.2. The number of halogens is 1. The molecule has 0 radical (unpaired) electrons. The zero-order chi connectivity index (χ0) is 21.1. The van der Waals surface area contributed by atoms with Crippen LogP contribution in [0.15, 0.2) is 52.9 Å². The fourth-order valence-corrected chi connectivity index (χ4v) is 5.30. The first kappa shape index (κ1) is 20.5. The van der Waals surface area contributed by atoms with Gasteiger partial charge in [-0.15, -0.1) is 10.2 Å². The van der Waals surface area contributed by atoms with Gasteiger partial charge in [0.2, 0.25) is 11.8 Å². The largest absolute Gasteiger partial charge is 0.497 e. The second-order valence-electron chi connectivity index (χ2n) is 7.32. The van der Waals surface area contributed by atoms with E-state index >= 15 is 0 Å². The monoisotopic (exact) mass is 431 g/mol. The Morgan fingerprint density at radius 2 is 1.83 bits per heavy atom. The summed E-state index contributed by atoms with van der Waals surface area (Å²) in [4.78, 5) is 2.05. The van der Waals surface area contributed by atoms with Gasteiger partial charge in [0.05, 0.1) is 25.2 Å². The van der Waals surface area contributed by atoms with Crippen LogP contribution < -0.4 is 4.74 Å². The third-order valence-corrected chi connectivity index (χ3v) is 6.92. The number of sulfone groups is 1. The highest BCUT2D eigenvalue weighted by Crippen LogP contribution is 2.24. The van der Waals surface area contributed by atoms with Crippen LogP contribution in [0.3, 0.4) is 0 Å². The molecule has 1 fully saturated rings. The van der Waals surface area contributed by atoms with Crippen molar-refractivity contribution in [2.75, 3.05) is 18.6 Å². The number of hydrogen-bond donors (Lipinski definition) is 0. The molecule has 1 atom stereocenters. The van der Waals surface area contributed by atoms with Gasteiger partial charge < -0.3 is 9.15 Å². The summed E-state index contributed by atoms with van der Waals surface area (Å²) >= 11 is 0. The molecular weight excluding hydrogens is 409 g/mol. The molecular formula is C21H22FN3O4S. The van der Waals surface area contributed by atoms with E-state index in [0.29, 0.717) is 36.9 Å². The highest BCUT2D eigenvalue weighted by molar-refractivity contribution is 7.91. The molecule has 30 heavy (non-hydrogen) atoms. The molecule has 0 bridgehead atoms. The summed E-state index contributed by atoms with van der Waals surface area (Å²) in [6.45, 7) is 0.860. The molecule has 1 aromatic heterocycles. The van der Waals surface area contributed by atoms with Crippen molar-refractivity contribution in [2.45, 2.75) is 25.6 Å². The molecule has 7 nitrogen and oxygen atoms in total. The van der Waals surface area contributed by atoms with E-state index in [1.807, 2.05) is 29.2 Å². The highest BCUT2D eigenvalue weighted by Gasteiger charge is 2.33. The van der Waals surface area contributed by atoms with Crippen LogP contribution in [0.25, 0.3) is 11.5 Å². The predicted molar refractivity (Wildman–Crippen MR) is 109 cm³/mol. The van der Waals surface area contributed by atoms with Gasteiger partial charge in [-0.05, 0) is 48.4 Å². The zero-order valence-corrected chi connectivity index (χ0v) is 17.3. The van der Waals surface area contributed by atoms with Gasteiger partial charge in [0, 0.05) is 18.2 Å². The molecule has 1 aliphatic heterocycles. The van der Waals surface area contributed by atoms with Gasteiger partial charge in [-0.1, -0.05) is 12.1 Å². The SMILES string of the molecule is COc1ccc(CN(Cc2nnc(-c3ccc(F)cc3)o2)C2CCS(=O)(=O)C2)cc1. The molecule has 0 amide bonds. The summed E-state index contributed by atoms with van der Waals surface area (Å²) in [6, 6.07) is 13.3. The maximum atomic E-state index is 13.1. The van der Waals surface area contributed by atoms with Gasteiger partial charge >= 0.3 is 0 Å². The standard InChI is InChI=1S/C21H22FN3O4S/c1-28-19-8-2-15(3-9-19)12-25(18-10-11-30(26,27)14-18)13-20-23-24-21(29-20)16-4-6-17(22)7-5-16/h2-9,18H,10-14H2,1H3. The van der Waals surface area contributed by atoms with Gasteiger partial charge in [-0.2, -0.15) is 0 Å². The quantitative estimate of drug-likeness (QED) is 0.568. The fourth-order valence-electron chi connectivity index (χ4n) is 3.54. The average molecular weight is 431 g/mol. The van der Waals surface area contributed by atoms with Crippen LogP contribution in [0.2, 0.25) is 0 Å². The van der Waals surface area contributed by atoms with Crippen LogP contribution >= 0.6 is 0 Å². The Kier molecular flexibility index (Phi) is 5.83. The van der Waals surface area contributed by atoms with Crippen LogP contribution in [-0.2, 0) is 22.9 Å². The van der Waals surface area contributed by atoms with Gasteiger partial charge in [0.1, 0.15) is 11.6 Å². The number of aromatic nitrogens is 2. The van der Waals surface area contributed by atoms with Crippen molar-refractivity contribution in [3.63, 3.8) is 0 Å². The van der Waals surface area contributed by atoms with Crippen molar-refractivity contribution in [3.05, 3.63) is 65.8 Å². The molecule has 9 heteroatoms. The second kappa shape index (κ2) is 8.53. The van der Waals surface area contributed by atoms with Crippen LogP contribution in [0, 0.1) is 5.82 Å². The Hall–Kier alpha value is -2.78. The lowest BCUT2D eigenvalue weighted by Crippen LogP contribution is -2.35. The van der Waals surface area contributed by atoms with Gasteiger partial charge in [-0.3, -0.25) is 4.90 Å². The minimum absolute atomic E-state index is 0.113. The molecule has 0 saturated carbocycles. The molecule has 1 aliphatic rings. The third-order valence-electron chi connectivity index (χ3n) is 5.17. The topological polar surface area (TPSA) is 85.5 Å². The van der Waals surface area contributed by atoms with E-state index in [0.717, 1.165) is 11.3 Å². The van der Waals surface area contributed by atoms with Crippen molar-refractivity contribution < 1.29 is 22.0 Å². The van der Waals surface area contributed by atoms with E-state index in [1.54, 1.807) is 19.2 Å². The van der Waals surface area contributed by atoms with Gasteiger partial charge in [-0.25, -0.2) is 12.8 Å². The average Bonchev–Trinajstić information content (AvgIpc) is 3.35. The molecule has 4 rings (SSSR count). The molecule has 0 aliphatic carbocycles. The van der Waals surface area contributed by atoms with Crippen LogP contribution in [0.5, 0.6) is 5.75 Å². The molecule has 2 aromatic carbocycles. The first-order chi connectivity index (χ1) is 14.4. The van der Waals surface area contributed by atoms with Crippen molar-refractivity contribution in [1.29, 1.82) is 0 Å². The minimum Gasteiger partial charge on any atom is -0.497 e. The van der Waals surface area contributed by atoms with Crippen LogP contribution in [0.4, 0.5) is 4.39 Å². The number of methoxy groups -OCH3 is 1. The highest BCUT2D eigenvalue weighted by atomic mass is 32.2. The van der Waals surface area contributed by atoms with Crippen LogP contribution in [-0.4, -0.2) is 48.2 Å². The van der Waals surface area contributed by atoms with Crippen molar-refractivity contribution in [2.24, 2.45) is 0 Å². The third kappa shape index (κ3) is 4.85. The summed E-state index contributed by atoms with van der Waals surface area (Å²) in [7, 11) is -1.43. The number of hydrogen-bond acceptors (Lipinski definition) is 7. The lowest BCUT2D eigenvalue weighted by molar-refractivity contribution is 0.176. The van der Waals surface area contributed by atoms with E-state index in [4.69, 9.17) is 9.15 Å². The Balaban J connectivity index is 1.54. The van der Waals surface area contributed by atoms with Crippen LogP contribution in [0.1, 0.15) is 17.9 Å². The molecule has 3 aromatic rings. The molecule has 0 spiro atoms. The Labute approximate surface area is 174 Å². The molecule has 1 saturated heterocycles. The van der Waals surface area contributed by atoms with Crippen molar-refractivity contribution in [3.8, 4) is 17.2 Å². The first-order valence-corrected chi connectivity index (χ1v) is 11.4. The normalized spacial score (nSPS) is 18.0. The maximum absolute atomic E-state index is 13.1. The summed E-state index contributed by atoms with van der Waals surface area (Å²) in [5.41, 5.74) is 1.65. The fraction of sp³-hybridized carbons (Fsp3) is 0.333. The minimum atomic E-state index is -3.04. The first-order valence-electron chi connectivity index (χ1n) is 9.57. The lowest BCUT2D eigenvalue weighted by atomic mass is 10.1. The predicted octanol–water partition coefficient (Wildman–Crippen LogP) is 3.07. The van der Waals surface area contributed by atoms with Gasteiger partial charge in [0.15, 0.2) is 9.84 Å². The Bertz CT molecular complexity index is 1100. The lowest BCUT2D eigenvalue weighted by Gasteiger charge is -2.26. The van der Waals surface area contributed by atoms with E-state index in [1.165, 1.54) is 12.1 Å². The summed E-state index contributed by atoms with van der Waals surface area (Å²) in [5, 5.41) is 8.16. The zero-order valence-electron chi connectivity index (χ0n) is 16.5. The molecule has 1 unspecified atom stereocenters. The summed E-state index contributed by atoms with van der Waals surface area (Å²) in [6.07, 6.45) is 0.567. The van der Waals surface area contributed by atoms with E-state index < -0.39 is 9.84 Å². The number of nitrogens with zero attached hydrogens (tertiary/aromatic N) is 3. The smallest absolute Gasteiger partial charge is 0.247 e. The molecule has 158 valence electrons.